The van der Waals surface area contributed by atoms with Crippen LogP contribution in [0, 0.1) is 0 Å². The van der Waals surface area contributed by atoms with Crippen molar-refractivity contribution in [2.75, 3.05) is 39.8 Å². The first-order valence-corrected chi connectivity index (χ1v) is 10.0. The van der Waals surface area contributed by atoms with Gasteiger partial charge >= 0.3 is 6.61 Å². The fourth-order valence-corrected chi connectivity index (χ4v) is 3.28. The maximum Gasteiger partial charge on any atom is 0.387 e. The second-order valence-electron chi connectivity index (χ2n) is 6.66. The zero-order valence-electron chi connectivity index (χ0n) is 16.8. The third-order valence-corrected chi connectivity index (χ3v) is 4.66. The van der Waals surface area contributed by atoms with E-state index in [1.54, 1.807) is 32.2 Å². The monoisotopic (exact) mass is 398 g/mol. The van der Waals surface area contributed by atoms with Gasteiger partial charge in [-0.1, -0.05) is 25.0 Å². The van der Waals surface area contributed by atoms with E-state index in [2.05, 4.69) is 20.5 Å². The molecule has 0 radical (unpaired) electrons. The number of nitrogens with zero attached hydrogens (tertiary/aromatic N) is 2. The van der Waals surface area contributed by atoms with Crippen LogP contribution in [0.4, 0.5) is 8.78 Å². The highest BCUT2D eigenvalue weighted by molar-refractivity contribution is 5.79. The van der Waals surface area contributed by atoms with Crippen molar-refractivity contribution in [3.05, 3.63) is 23.8 Å². The lowest BCUT2D eigenvalue weighted by molar-refractivity contribution is -0.0520. The molecule has 0 atom stereocenters. The van der Waals surface area contributed by atoms with Crippen LogP contribution in [0.25, 0.3) is 0 Å². The van der Waals surface area contributed by atoms with Crippen LogP contribution in [0.5, 0.6) is 11.5 Å². The van der Waals surface area contributed by atoms with E-state index in [0.717, 1.165) is 26.2 Å². The number of hydrogen-bond donors (Lipinski definition) is 2. The summed E-state index contributed by atoms with van der Waals surface area (Å²) in [6, 6.07) is 5.12. The van der Waals surface area contributed by atoms with Crippen molar-refractivity contribution in [3.8, 4) is 11.5 Å². The highest BCUT2D eigenvalue weighted by atomic mass is 19.3. The summed E-state index contributed by atoms with van der Waals surface area (Å²) in [6.07, 6.45) is 5.15. The molecule has 1 heterocycles. The molecule has 158 valence electrons. The van der Waals surface area contributed by atoms with Gasteiger partial charge in [0.25, 0.3) is 0 Å². The molecule has 0 saturated carbocycles. The topological polar surface area (TPSA) is 58.1 Å². The molecule has 0 aliphatic carbocycles. The van der Waals surface area contributed by atoms with Gasteiger partial charge in [0, 0.05) is 32.2 Å². The Kier molecular flexibility index (Phi) is 9.82. The van der Waals surface area contributed by atoms with Crippen molar-refractivity contribution in [1.29, 1.82) is 0 Å². The van der Waals surface area contributed by atoms with E-state index in [1.807, 2.05) is 0 Å². The molecule has 0 bridgehead atoms. The van der Waals surface area contributed by atoms with Gasteiger partial charge in [-0.25, -0.2) is 0 Å². The normalized spacial score (nSPS) is 16.0. The SMILES string of the molecule is CCOc1cccc(CNC(=NC)NCCN2CCCCCC2)c1OC(F)F. The van der Waals surface area contributed by atoms with Crippen LogP contribution in [0.2, 0.25) is 0 Å². The van der Waals surface area contributed by atoms with Gasteiger partial charge in [0.1, 0.15) is 0 Å². The second kappa shape index (κ2) is 12.4. The van der Waals surface area contributed by atoms with Crippen molar-refractivity contribution >= 4 is 5.96 Å². The van der Waals surface area contributed by atoms with E-state index >= 15 is 0 Å². The molecule has 2 N–H and O–H groups in total. The number of hydrogen-bond acceptors (Lipinski definition) is 4. The molecule has 1 aromatic rings. The summed E-state index contributed by atoms with van der Waals surface area (Å²) in [5.74, 6) is 0.998. The first-order chi connectivity index (χ1) is 13.6. The molecule has 0 amide bonds. The molecule has 28 heavy (non-hydrogen) atoms. The number of ether oxygens (including phenoxy) is 2. The Morgan fingerprint density at radius 3 is 2.57 bits per heavy atom. The molecule has 1 aliphatic rings. The van der Waals surface area contributed by atoms with Gasteiger partial charge in [-0.15, -0.1) is 0 Å². The quantitative estimate of drug-likeness (QED) is 0.494. The van der Waals surface area contributed by atoms with Crippen LogP contribution in [0.15, 0.2) is 23.2 Å². The van der Waals surface area contributed by atoms with Crippen molar-refractivity contribution in [2.45, 2.75) is 45.8 Å². The van der Waals surface area contributed by atoms with Crippen LogP contribution < -0.4 is 20.1 Å². The highest BCUT2D eigenvalue weighted by Crippen LogP contribution is 2.32. The summed E-state index contributed by atoms with van der Waals surface area (Å²) in [5.41, 5.74) is 0.585. The molecule has 0 unspecified atom stereocenters. The summed E-state index contributed by atoms with van der Waals surface area (Å²) >= 11 is 0. The van der Waals surface area contributed by atoms with E-state index in [9.17, 15) is 8.78 Å². The van der Waals surface area contributed by atoms with Crippen LogP contribution >= 0.6 is 0 Å². The van der Waals surface area contributed by atoms with E-state index in [0.29, 0.717) is 30.4 Å². The van der Waals surface area contributed by atoms with Crippen LogP contribution in [-0.4, -0.2) is 57.3 Å². The number of aliphatic imine (C=N–C) groups is 1. The lowest BCUT2D eigenvalue weighted by atomic mass is 10.2. The average Bonchev–Trinajstić information content (AvgIpc) is 2.95. The van der Waals surface area contributed by atoms with Crippen molar-refractivity contribution in [1.82, 2.24) is 15.5 Å². The minimum Gasteiger partial charge on any atom is -0.490 e. The third kappa shape index (κ3) is 7.50. The lowest BCUT2D eigenvalue weighted by Gasteiger charge is -2.21. The maximum atomic E-state index is 12.8. The van der Waals surface area contributed by atoms with Gasteiger partial charge in [0.05, 0.1) is 6.61 Å². The van der Waals surface area contributed by atoms with Gasteiger partial charge in [-0.2, -0.15) is 8.78 Å². The van der Waals surface area contributed by atoms with Crippen LogP contribution in [-0.2, 0) is 6.54 Å². The van der Waals surface area contributed by atoms with Gasteiger partial charge in [-0.3, -0.25) is 4.99 Å². The minimum absolute atomic E-state index is 0.0619. The smallest absolute Gasteiger partial charge is 0.387 e. The molecule has 0 spiro atoms. The largest absolute Gasteiger partial charge is 0.490 e. The summed E-state index contributed by atoms with van der Waals surface area (Å²) in [5, 5.41) is 6.44. The predicted molar refractivity (Wildman–Crippen MR) is 107 cm³/mol. The Labute approximate surface area is 166 Å². The number of likely N-dealkylation sites (tertiary alicyclic amines) is 1. The molecule has 0 aromatic heterocycles. The fourth-order valence-electron chi connectivity index (χ4n) is 3.28. The Balaban J connectivity index is 1.88. The first kappa shape index (κ1) is 22.2. The van der Waals surface area contributed by atoms with E-state index in [-0.39, 0.29) is 5.75 Å². The molecule has 2 rings (SSSR count). The van der Waals surface area contributed by atoms with E-state index < -0.39 is 6.61 Å². The standard InChI is InChI=1S/C20H32F2N4O2/c1-3-27-17-10-8-9-16(18(17)28-19(21)22)15-25-20(23-2)24-11-14-26-12-6-4-5-7-13-26/h8-10,19H,3-7,11-15H2,1-2H3,(H2,23,24,25). The number of alkyl halides is 2. The van der Waals surface area contributed by atoms with Crippen molar-refractivity contribution in [2.24, 2.45) is 4.99 Å². The van der Waals surface area contributed by atoms with E-state index in [4.69, 9.17) is 9.47 Å². The molecule has 8 heteroatoms. The molecule has 1 aromatic carbocycles. The maximum absolute atomic E-state index is 12.8. The minimum atomic E-state index is -2.91. The summed E-state index contributed by atoms with van der Waals surface area (Å²) < 4.78 is 35.8. The summed E-state index contributed by atoms with van der Waals surface area (Å²) in [6.45, 7) is 3.58. The van der Waals surface area contributed by atoms with Gasteiger partial charge in [0.15, 0.2) is 17.5 Å². The second-order valence-corrected chi connectivity index (χ2v) is 6.66. The number of halogens is 2. The van der Waals surface area contributed by atoms with Crippen LogP contribution in [0.3, 0.4) is 0 Å². The summed E-state index contributed by atoms with van der Waals surface area (Å²) in [7, 11) is 1.69. The highest BCUT2D eigenvalue weighted by Gasteiger charge is 2.16. The Hall–Kier alpha value is -2.09. The Morgan fingerprint density at radius 1 is 1.18 bits per heavy atom. The van der Waals surface area contributed by atoms with Gasteiger partial charge < -0.3 is 25.0 Å². The molecule has 6 nitrogen and oxygen atoms in total. The molecule has 1 aliphatic heterocycles. The lowest BCUT2D eigenvalue weighted by Crippen LogP contribution is -2.41. The molecule has 1 fully saturated rings. The first-order valence-electron chi connectivity index (χ1n) is 10.0. The number of para-hydroxylation sites is 1. The van der Waals surface area contributed by atoms with Crippen molar-refractivity contribution < 1.29 is 18.3 Å². The molecular weight excluding hydrogens is 366 g/mol. The summed E-state index contributed by atoms with van der Waals surface area (Å²) in [4.78, 5) is 6.68. The Morgan fingerprint density at radius 2 is 1.93 bits per heavy atom. The van der Waals surface area contributed by atoms with Gasteiger partial charge in [-0.05, 0) is 38.9 Å². The van der Waals surface area contributed by atoms with E-state index in [1.165, 1.54) is 25.7 Å². The molecular formula is C20H32F2N4O2. The Bertz CT molecular complexity index is 606. The predicted octanol–water partition coefficient (Wildman–Crippen LogP) is 3.23. The number of nitrogens with one attached hydrogen (secondary N) is 2. The molecule has 1 saturated heterocycles. The number of benzene rings is 1. The number of rotatable bonds is 9. The third-order valence-electron chi connectivity index (χ3n) is 4.66. The average molecular weight is 398 g/mol. The van der Waals surface area contributed by atoms with Crippen molar-refractivity contribution in [3.63, 3.8) is 0 Å². The van der Waals surface area contributed by atoms with Gasteiger partial charge in [0.2, 0.25) is 0 Å². The zero-order chi connectivity index (χ0) is 20.2. The number of guanidine groups is 1. The fraction of sp³-hybridized carbons (Fsp3) is 0.650. The van der Waals surface area contributed by atoms with Crippen LogP contribution in [0.1, 0.15) is 38.2 Å². The zero-order valence-corrected chi connectivity index (χ0v) is 16.8.